The van der Waals surface area contributed by atoms with Gasteiger partial charge in [-0.2, -0.15) is 0 Å². The van der Waals surface area contributed by atoms with Crippen LogP contribution in [0.3, 0.4) is 0 Å². The van der Waals surface area contributed by atoms with Gasteiger partial charge in [0.25, 0.3) is 0 Å². The number of carbonyl (C=O) groups excluding carboxylic acids is 1. The van der Waals surface area contributed by atoms with Gasteiger partial charge >= 0.3 is 6.03 Å². The van der Waals surface area contributed by atoms with Gasteiger partial charge in [-0.15, -0.1) is 0 Å². The standard InChI is InChI=1S/C18H23N3O/c1-14-11-15(2)13-21(12-14)18(22)19-16-5-7-17(8-6-16)20-9-3-4-10-20/h3-10,14-15H,11-13H2,1-2H3,(H,19,22). The van der Waals surface area contributed by atoms with Crippen molar-refractivity contribution in [3.63, 3.8) is 0 Å². The Hall–Kier alpha value is -2.23. The highest BCUT2D eigenvalue weighted by Gasteiger charge is 2.25. The van der Waals surface area contributed by atoms with Crippen LogP contribution in [0.25, 0.3) is 5.69 Å². The number of hydrogen-bond acceptors (Lipinski definition) is 1. The van der Waals surface area contributed by atoms with E-state index in [1.54, 1.807) is 0 Å². The molecule has 2 amide bonds. The number of piperidine rings is 1. The molecule has 1 saturated heterocycles. The van der Waals surface area contributed by atoms with Crippen molar-refractivity contribution in [2.75, 3.05) is 18.4 Å². The molecule has 0 bridgehead atoms. The SMILES string of the molecule is CC1CC(C)CN(C(=O)Nc2ccc(-n3cccc3)cc2)C1. The summed E-state index contributed by atoms with van der Waals surface area (Å²) in [7, 11) is 0. The van der Waals surface area contributed by atoms with Crippen molar-refractivity contribution >= 4 is 11.7 Å². The van der Waals surface area contributed by atoms with E-state index in [0.29, 0.717) is 11.8 Å². The zero-order valence-corrected chi connectivity index (χ0v) is 13.2. The molecule has 0 spiro atoms. The van der Waals surface area contributed by atoms with E-state index in [0.717, 1.165) is 24.5 Å². The number of aromatic nitrogens is 1. The normalized spacial score (nSPS) is 21.6. The number of anilines is 1. The first kappa shape index (κ1) is 14.7. The molecule has 2 aromatic rings. The maximum Gasteiger partial charge on any atom is 0.321 e. The lowest BCUT2D eigenvalue weighted by atomic mass is 9.92. The van der Waals surface area contributed by atoms with Gasteiger partial charge in [-0.1, -0.05) is 13.8 Å². The lowest BCUT2D eigenvalue weighted by molar-refractivity contribution is 0.156. The lowest BCUT2D eigenvalue weighted by Crippen LogP contribution is -2.44. The molecular weight excluding hydrogens is 274 g/mol. The minimum Gasteiger partial charge on any atom is -0.324 e. The summed E-state index contributed by atoms with van der Waals surface area (Å²) in [4.78, 5) is 14.3. The second-order valence-corrected chi connectivity index (χ2v) is 6.42. The van der Waals surface area contributed by atoms with Crippen LogP contribution in [0, 0.1) is 11.8 Å². The Kier molecular flexibility index (Phi) is 4.18. The van der Waals surface area contributed by atoms with Gasteiger partial charge in [-0.05, 0) is 54.7 Å². The van der Waals surface area contributed by atoms with Crippen molar-refractivity contribution in [1.29, 1.82) is 0 Å². The topological polar surface area (TPSA) is 37.3 Å². The molecule has 2 unspecified atom stereocenters. The molecular formula is C18H23N3O. The number of rotatable bonds is 2. The van der Waals surface area contributed by atoms with E-state index < -0.39 is 0 Å². The van der Waals surface area contributed by atoms with E-state index in [2.05, 4.69) is 19.2 Å². The first-order chi connectivity index (χ1) is 10.6. The highest BCUT2D eigenvalue weighted by Crippen LogP contribution is 2.22. The highest BCUT2D eigenvalue weighted by atomic mass is 16.2. The molecule has 1 aliphatic heterocycles. The largest absolute Gasteiger partial charge is 0.324 e. The fourth-order valence-electron chi connectivity index (χ4n) is 3.25. The van der Waals surface area contributed by atoms with Gasteiger partial charge < -0.3 is 14.8 Å². The Morgan fingerprint density at radius 2 is 1.64 bits per heavy atom. The monoisotopic (exact) mass is 297 g/mol. The molecule has 0 aliphatic carbocycles. The quantitative estimate of drug-likeness (QED) is 0.894. The highest BCUT2D eigenvalue weighted by molar-refractivity contribution is 5.89. The number of hydrogen-bond donors (Lipinski definition) is 1. The number of carbonyl (C=O) groups is 1. The smallest absolute Gasteiger partial charge is 0.321 e. The molecule has 1 aromatic carbocycles. The average Bonchev–Trinajstić information content (AvgIpc) is 3.01. The Morgan fingerprint density at radius 3 is 2.23 bits per heavy atom. The van der Waals surface area contributed by atoms with Gasteiger partial charge in [-0.3, -0.25) is 0 Å². The number of benzene rings is 1. The van der Waals surface area contributed by atoms with Crippen molar-refractivity contribution < 1.29 is 4.79 Å². The molecule has 1 aliphatic rings. The molecule has 1 aromatic heterocycles. The first-order valence-electron chi connectivity index (χ1n) is 7.91. The molecule has 2 atom stereocenters. The van der Waals surface area contributed by atoms with E-state index in [-0.39, 0.29) is 6.03 Å². The first-order valence-corrected chi connectivity index (χ1v) is 7.91. The number of likely N-dealkylation sites (tertiary alicyclic amines) is 1. The van der Waals surface area contributed by atoms with Crippen molar-refractivity contribution in [3.05, 3.63) is 48.8 Å². The summed E-state index contributed by atoms with van der Waals surface area (Å²) in [5.74, 6) is 1.15. The minimum atomic E-state index is 0.00659. The van der Waals surface area contributed by atoms with Crippen molar-refractivity contribution in [2.24, 2.45) is 11.8 Å². The summed E-state index contributed by atoms with van der Waals surface area (Å²) in [5.41, 5.74) is 1.93. The van der Waals surface area contributed by atoms with Crippen LogP contribution in [-0.4, -0.2) is 28.6 Å². The van der Waals surface area contributed by atoms with Gasteiger partial charge in [0.05, 0.1) is 0 Å². The number of nitrogens with zero attached hydrogens (tertiary/aromatic N) is 2. The summed E-state index contributed by atoms with van der Waals surface area (Å²) in [6.45, 7) is 6.11. The van der Waals surface area contributed by atoms with E-state index in [4.69, 9.17) is 0 Å². The van der Waals surface area contributed by atoms with Crippen LogP contribution >= 0.6 is 0 Å². The van der Waals surface area contributed by atoms with Crippen molar-refractivity contribution in [1.82, 2.24) is 9.47 Å². The molecule has 116 valence electrons. The fourth-order valence-corrected chi connectivity index (χ4v) is 3.25. The molecule has 1 fully saturated rings. The third-order valence-corrected chi connectivity index (χ3v) is 4.18. The van der Waals surface area contributed by atoms with E-state index in [1.807, 2.05) is 58.3 Å². The third-order valence-electron chi connectivity index (χ3n) is 4.18. The Morgan fingerprint density at radius 1 is 1.05 bits per heavy atom. The van der Waals surface area contributed by atoms with Crippen LogP contribution in [0.4, 0.5) is 10.5 Å². The van der Waals surface area contributed by atoms with Crippen LogP contribution in [0.1, 0.15) is 20.3 Å². The number of amides is 2. The molecule has 0 saturated carbocycles. The van der Waals surface area contributed by atoms with E-state index >= 15 is 0 Å². The molecule has 3 rings (SSSR count). The molecule has 0 radical (unpaired) electrons. The predicted octanol–water partition coefficient (Wildman–Crippen LogP) is 3.99. The van der Waals surface area contributed by atoms with Gasteiger partial charge in [-0.25, -0.2) is 4.79 Å². The van der Waals surface area contributed by atoms with E-state index in [9.17, 15) is 4.79 Å². The summed E-state index contributed by atoms with van der Waals surface area (Å²) in [6, 6.07) is 11.9. The van der Waals surface area contributed by atoms with Gasteiger partial charge in [0.2, 0.25) is 0 Å². The maximum atomic E-state index is 12.4. The van der Waals surface area contributed by atoms with Crippen LogP contribution in [0.5, 0.6) is 0 Å². The molecule has 22 heavy (non-hydrogen) atoms. The van der Waals surface area contributed by atoms with Crippen LogP contribution < -0.4 is 5.32 Å². The number of urea groups is 1. The second-order valence-electron chi connectivity index (χ2n) is 6.42. The van der Waals surface area contributed by atoms with Crippen LogP contribution in [-0.2, 0) is 0 Å². The summed E-state index contributed by atoms with van der Waals surface area (Å²) in [5, 5.41) is 3.00. The third kappa shape index (κ3) is 3.32. The molecule has 4 nitrogen and oxygen atoms in total. The average molecular weight is 297 g/mol. The Labute approximate surface area is 131 Å². The minimum absolute atomic E-state index is 0.00659. The zero-order valence-electron chi connectivity index (χ0n) is 13.2. The molecule has 4 heteroatoms. The molecule has 1 N–H and O–H groups in total. The Bertz CT molecular complexity index is 608. The fraction of sp³-hybridized carbons (Fsp3) is 0.389. The second kappa shape index (κ2) is 6.26. The lowest BCUT2D eigenvalue weighted by Gasteiger charge is -2.34. The van der Waals surface area contributed by atoms with Crippen LogP contribution in [0.15, 0.2) is 48.8 Å². The zero-order chi connectivity index (χ0) is 15.5. The summed E-state index contributed by atoms with van der Waals surface area (Å²) < 4.78 is 2.04. The maximum absolute atomic E-state index is 12.4. The van der Waals surface area contributed by atoms with Gasteiger partial charge in [0.1, 0.15) is 0 Å². The van der Waals surface area contributed by atoms with E-state index in [1.165, 1.54) is 6.42 Å². The summed E-state index contributed by atoms with van der Waals surface area (Å²) >= 11 is 0. The van der Waals surface area contributed by atoms with Gasteiger partial charge in [0, 0.05) is 36.9 Å². The van der Waals surface area contributed by atoms with Crippen molar-refractivity contribution in [2.45, 2.75) is 20.3 Å². The van der Waals surface area contributed by atoms with Crippen molar-refractivity contribution in [3.8, 4) is 5.69 Å². The van der Waals surface area contributed by atoms with Gasteiger partial charge in [0.15, 0.2) is 0 Å². The Balaban J connectivity index is 1.64. The van der Waals surface area contributed by atoms with Crippen LogP contribution in [0.2, 0.25) is 0 Å². The predicted molar refractivity (Wildman–Crippen MR) is 89.3 cm³/mol. The molecule has 2 heterocycles. The summed E-state index contributed by atoms with van der Waals surface area (Å²) in [6.07, 6.45) is 5.21. The number of nitrogens with one attached hydrogen (secondary N) is 1.